The van der Waals surface area contributed by atoms with Crippen LogP contribution in [0.15, 0.2) is 22.6 Å². The van der Waals surface area contributed by atoms with Gasteiger partial charge in [0.15, 0.2) is 5.58 Å². The summed E-state index contributed by atoms with van der Waals surface area (Å²) in [6.45, 7) is 2.22. The highest BCUT2D eigenvalue weighted by molar-refractivity contribution is 5.91. The maximum atomic E-state index is 11.8. The van der Waals surface area contributed by atoms with Gasteiger partial charge >= 0.3 is 6.03 Å². The van der Waals surface area contributed by atoms with Crippen molar-refractivity contribution >= 4 is 28.8 Å². The van der Waals surface area contributed by atoms with E-state index in [-0.39, 0.29) is 12.6 Å². The van der Waals surface area contributed by atoms with E-state index in [9.17, 15) is 9.90 Å². The van der Waals surface area contributed by atoms with Crippen LogP contribution >= 0.6 is 0 Å². The van der Waals surface area contributed by atoms with Crippen molar-refractivity contribution in [1.82, 2.24) is 10.3 Å². The Morgan fingerprint density at radius 1 is 1.45 bits per heavy atom. The van der Waals surface area contributed by atoms with E-state index in [1.165, 1.54) is 0 Å². The molecule has 7 nitrogen and oxygen atoms in total. The molecule has 2 rings (SSSR count). The second-order valence-electron chi connectivity index (χ2n) is 5.35. The number of rotatable bonds is 6. The number of nitrogens with one attached hydrogen (secondary N) is 2. The molecule has 0 aliphatic rings. The van der Waals surface area contributed by atoms with Gasteiger partial charge in [-0.3, -0.25) is 0 Å². The monoisotopic (exact) mass is 306 g/mol. The van der Waals surface area contributed by atoms with Crippen LogP contribution in [0, 0.1) is 0 Å². The molecule has 1 heterocycles. The molecule has 0 saturated heterocycles. The molecule has 1 unspecified atom stereocenters. The third kappa shape index (κ3) is 4.11. The molecule has 0 saturated carbocycles. The standard InChI is InChI=1S/C15H22N4O3/c1-4-5-11(20)9-16-14(21)17-10-6-7-12-13(8-10)22-15(18-12)19(2)3/h6-8,11,20H,4-5,9H2,1-3H3,(H2,16,17,21). The van der Waals surface area contributed by atoms with Crippen molar-refractivity contribution in [3.63, 3.8) is 0 Å². The summed E-state index contributed by atoms with van der Waals surface area (Å²) in [6.07, 6.45) is 1.02. The lowest BCUT2D eigenvalue weighted by Crippen LogP contribution is -2.35. The van der Waals surface area contributed by atoms with E-state index in [1.54, 1.807) is 23.1 Å². The molecule has 1 aromatic carbocycles. The number of nitrogens with zero attached hydrogens (tertiary/aromatic N) is 2. The molecule has 22 heavy (non-hydrogen) atoms. The van der Waals surface area contributed by atoms with Crippen molar-refractivity contribution < 1.29 is 14.3 Å². The highest BCUT2D eigenvalue weighted by Gasteiger charge is 2.10. The minimum atomic E-state index is -0.518. The third-order valence-electron chi connectivity index (χ3n) is 3.14. The minimum absolute atomic E-state index is 0.231. The van der Waals surface area contributed by atoms with Gasteiger partial charge in [-0.25, -0.2) is 4.79 Å². The zero-order valence-corrected chi connectivity index (χ0v) is 13.1. The number of fused-ring (bicyclic) bond motifs is 1. The molecule has 0 fully saturated rings. The van der Waals surface area contributed by atoms with Crippen LogP contribution < -0.4 is 15.5 Å². The smallest absolute Gasteiger partial charge is 0.319 e. The number of aliphatic hydroxyl groups excluding tert-OH is 1. The van der Waals surface area contributed by atoms with E-state index < -0.39 is 6.10 Å². The van der Waals surface area contributed by atoms with Crippen molar-refractivity contribution in [2.24, 2.45) is 0 Å². The fraction of sp³-hybridized carbons (Fsp3) is 0.467. The van der Waals surface area contributed by atoms with Crippen LogP contribution in [0.4, 0.5) is 16.5 Å². The van der Waals surface area contributed by atoms with Gasteiger partial charge in [-0.2, -0.15) is 4.98 Å². The first-order chi connectivity index (χ1) is 10.5. The Kier molecular flexibility index (Phi) is 5.21. The second kappa shape index (κ2) is 7.13. The predicted octanol–water partition coefficient (Wildman–Crippen LogP) is 2.18. The van der Waals surface area contributed by atoms with Crippen LogP contribution in [0.1, 0.15) is 19.8 Å². The molecular formula is C15H22N4O3. The van der Waals surface area contributed by atoms with E-state index >= 15 is 0 Å². The van der Waals surface area contributed by atoms with Gasteiger partial charge in [-0.15, -0.1) is 0 Å². The van der Waals surface area contributed by atoms with Crippen LogP contribution in [-0.4, -0.2) is 42.9 Å². The van der Waals surface area contributed by atoms with E-state index in [4.69, 9.17) is 4.42 Å². The highest BCUT2D eigenvalue weighted by atomic mass is 16.4. The van der Waals surface area contributed by atoms with Crippen LogP contribution in [0.5, 0.6) is 0 Å². The second-order valence-corrected chi connectivity index (χ2v) is 5.35. The summed E-state index contributed by atoms with van der Waals surface area (Å²) in [5, 5.41) is 14.9. The summed E-state index contributed by atoms with van der Waals surface area (Å²) >= 11 is 0. The number of amides is 2. The number of hydrogen-bond donors (Lipinski definition) is 3. The van der Waals surface area contributed by atoms with E-state index in [2.05, 4.69) is 15.6 Å². The van der Waals surface area contributed by atoms with Gasteiger partial charge < -0.3 is 25.1 Å². The molecule has 0 aliphatic heterocycles. The van der Waals surface area contributed by atoms with Gasteiger partial charge in [-0.05, 0) is 18.6 Å². The van der Waals surface area contributed by atoms with Crippen molar-refractivity contribution in [1.29, 1.82) is 0 Å². The fourth-order valence-corrected chi connectivity index (χ4v) is 2.00. The molecule has 0 spiro atoms. The summed E-state index contributed by atoms with van der Waals surface area (Å²) < 4.78 is 5.58. The summed E-state index contributed by atoms with van der Waals surface area (Å²) in [5.74, 6) is 0. The lowest BCUT2D eigenvalue weighted by Gasteiger charge is -2.11. The molecule has 0 radical (unpaired) electrons. The molecule has 1 atom stereocenters. The number of oxazole rings is 1. The highest BCUT2D eigenvalue weighted by Crippen LogP contribution is 2.23. The van der Waals surface area contributed by atoms with Gasteiger partial charge in [0.05, 0.1) is 6.10 Å². The Morgan fingerprint density at radius 2 is 2.23 bits per heavy atom. The molecule has 7 heteroatoms. The molecule has 2 amide bonds. The van der Waals surface area contributed by atoms with Crippen LogP contribution in [0.25, 0.3) is 11.1 Å². The van der Waals surface area contributed by atoms with Crippen molar-refractivity contribution in [3.8, 4) is 0 Å². The van der Waals surface area contributed by atoms with Crippen LogP contribution in [-0.2, 0) is 0 Å². The summed E-state index contributed by atoms with van der Waals surface area (Å²) in [5.41, 5.74) is 1.94. The molecular weight excluding hydrogens is 284 g/mol. The lowest BCUT2D eigenvalue weighted by molar-refractivity contribution is 0.162. The normalized spacial score (nSPS) is 12.2. The molecule has 120 valence electrons. The Balaban J connectivity index is 1.97. The largest absolute Gasteiger partial charge is 0.423 e. The van der Waals surface area contributed by atoms with Gasteiger partial charge in [0.1, 0.15) is 5.52 Å². The zero-order valence-electron chi connectivity index (χ0n) is 13.1. The van der Waals surface area contributed by atoms with Crippen molar-refractivity contribution in [2.45, 2.75) is 25.9 Å². The molecule has 3 N–H and O–H groups in total. The van der Waals surface area contributed by atoms with Gasteiger partial charge in [0, 0.05) is 32.4 Å². The first-order valence-electron chi connectivity index (χ1n) is 7.30. The number of aromatic nitrogens is 1. The van der Waals surface area contributed by atoms with Crippen LogP contribution in [0.2, 0.25) is 0 Å². The van der Waals surface area contributed by atoms with Gasteiger partial charge in [0.25, 0.3) is 6.01 Å². The summed E-state index contributed by atoms with van der Waals surface area (Å²) in [6, 6.07) is 5.41. The number of urea groups is 1. The predicted molar refractivity (Wildman–Crippen MR) is 86.3 cm³/mol. The lowest BCUT2D eigenvalue weighted by atomic mass is 10.2. The minimum Gasteiger partial charge on any atom is -0.423 e. The molecule has 0 bridgehead atoms. The van der Waals surface area contributed by atoms with Crippen molar-refractivity contribution in [3.05, 3.63) is 18.2 Å². The number of carbonyl (C=O) groups excluding carboxylic acids is 1. The number of aliphatic hydroxyl groups is 1. The number of benzene rings is 1. The summed E-state index contributed by atoms with van der Waals surface area (Å²) in [4.78, 5) is 17.9. The molecule has 2 aromatic rings. The Labute approximate surface area is 129 Å². The Morgan fingerprint density at radius 3 is 2.91 bits per heavy atom. The Hall–Kier alpha value is -2.28. The van der Waals surface area contributed by atoms with Gasteiger partial charge in [0.2, 0.25) is 0 Å². The topological polar surface area (TPSA) is 90.6 Å². The average molecular weight is 306 g/mol. The Bertz CT molecular complexity index is 639. The zero-order chi connectivity index (χ0) is 16.1. The van der Waals surface area contributed by atoms with Crippen molar-refractivity contribution in [2.75, 3.05) is 30.9 Å². The SMILES string of the molecule is CCCC(O)CNC(=O)Nc1ccc2nc(N(C)C)oc2c1. The van der Waals surface area contributed by atoms with Crippen LogP contribution in [0.3, 0.4) is 0 Å². The molecule has 0 aliphatic carbocycles. The first kappa shape index (κ1) is 16.1. The van der Waals surface area contributed by atoms with E-state index in [0.29, 0.717) is 23.7 Å². The van der Waals surface area contributed by atoms with E-state index in [1.807, 2.05) is 21.0 Å². The van der Waals surface area contributed by atoms with Gasteiger partial charge in [-0.1, -0.05) is 13.3 Å². The fourth-order valence-electron chi connectivity index (χ4n) is 2.00. The number of anilines is 2. The quantitative estimate of drug-likeness (QED) is 0.761. The summed E-state index contributed by atoms with van der Waals surface area (Å²) in [7, 11) is 3.69. The maximum absolute atomic E-state index is 11.8. The maximum Gasteiger partial charge on any atom is 0.319 e. The average Bonchev–Trinajstić information content (AvgIpc) is 2.89. The molecule has 1 aromatic heterocycles. The number of carbonyl (C=O) groups is 1. The number of hydrogen-bond acceptors (Lipinski definition) is 5. The third-order valence-corrected chi connectivity index (χ3v) is 3.14. The first-order valence-corrected chi connectivity index (χ1v) is 7.30. The van der Waals surface area contributed by atoms with E-state index in [0.717, 1.165) is 11.9 Å².